The summed E-state index contributed by atoms with van der Waals surface area (Å²) in [5, 5.41) is 0. The lowest BCUT2D eigenvalue weighted by atomic mass is 10.3. The Morgan fingerprint density at radius 1 is 1.25 bits per heavy atom. The molecule has 8 heavy (non-hydrogen) atoms. The van der Waals surface area contributed by atoms with Crippen LogP contribution in [0.15, 0.2) is 24.8 Å². The van der Waals surface area contributed by atoms with E-state index in [1.807, 2.05) is 6.08 Å². The number of unbranched alkanes of at least 4 members (excludes halogenated alkanes) is 1. The van der Waals surface area contributed by atoms with Gasteiger partial charge in [-0.2, -0.15) is 0 Å². The van der Waals surface area contributed by atoms with Crippen molar-refractivity contribution in [1.82, 2.24) is 0 Å². The van der Waals surface area contributed by atoms with Crippen molar-refractivity contribution in [3.63, 3.8) is 0 Å². The van der Waals surface area contributed by atoms with Gasteiger partial charge in [-0.05, 0) is 19.3 Å². The van der Waals surface area contributed by atoms with Crippen molar-refractivity contribution in [2.75, 3.05) is 0 Å². The smallest absolute Gasteiger partial charge is 0.0172 e. The Hall–Kier alpha value is -0.520. The monoisotopic (exact) mass is 109 g/mol. The van der Waals surface area contributed by atoms with Gasteiger partial charge in [-0.25, -0.2) is 0 Å². The van der Waals surface area contributed by atoms with Gasteiger partial charge in [0, 0.05) is 0 Å². The van der Waals surface area contributed by atoms with E-state index < -0.39 is 0 Å². The second-order valence-electron chi connectivity index (χ2n) is 1.64. The van der Waals surface area contributed by atoms with Crippen LogP contribution in [0.2, 0.25) is 0 Å². The zero-order valence-corrected chi connectivity index (χ0v) is 5.43. The first-order valence-corrected chi connectivity index (χ1v) is 2.95. The zero-order valence-electron chi connectivity index (χ0n) is 5.43. The van der Waals surface area contributed by atoms with Gasteiger partial charge < -0.3 is 0 Å². The summed E-state index contributed by atoms with van der Waals surface area (Å²) in [7, 11) is 0. The van der Waals surface area contributed by atoms with E-state index in [2.05, 4.69) is 32.1 Å². The van der Waals surface area contributed by atoms with E-state index in [4.69, 9.17) is 0 Å². The number of hydrogen-bond donors (Lipinski definition) is 0. The van der Waals surface area contributed by atoms with Crippen LogP contribution in [-0.4, -0.2) is 0 Å². The van der Waals surface area contributed by atoms with Crippen molar-refractivity contribution in [3.05, 3.63) is 31.2 Å². The Balaban J connectivity index is 2.94. The Morgan fingerprint density at radius 2 is 1.88 bits per heavy atom. The first-order valence-electron chi connectivity index (χ1n) is 2.95. The summed E-state index contributed by atoms with van der Waals surface area (Å²) in [6.45, 7) is 5.65. The third kappa shape index (κ3) is 5.48. The van der Waals surface area contributed by atoms with Gasteiger partial charge in [-0.3, -0.25) is 0 Å². The maximum absolute atomic E-state index is 3.60. The summed E-state index contributed by atoms with van der Waals surface area (Å²) < 4.78 is 0. The number of allylic oxidation sites excluding steroid dienone is 3. The molecule has 0 aromatic rings. The van der Waals surface area contributed by atoms with Gasteiger partial charge in [0.2, 0.25) is 0 Å². The molecule has 0 aliphatic rings. The van der Waals surface area contributed by atoms with Gasteiger partial charge in [0.1, 0.15) is 0 Å². The van der Waals surface area contributed by atoms with Gasteiger partial charge in [-0.1, -0.05) is 25.2 Å². The lowest BCUT2D eigenvalue weighted by Gasteiger charge is -1.80. The van der Waals surface area contributed by atoms with E-state index in [-0.39, 0.29) is 0 Å². The van der Waals surface area contributed by atoms with Gasteiger partial charge in [0.05, 0.1) is 0 Å². The molecule has 0 aliphatic heterocycles. The lowest BCUT2D eigenvalue weighted by Crippen LogP contribution is -1.61. The SMILES string of the molecule is C=CC/C=C/C[CH]C. The van der Waals surface area contributed by atoms with E-state index in [1.54, 1.807) is 0 Å². The maximum atomic E-state index is 3.60. The van der Waals surface area contributed by atoms with E-state index in [1.165, 1.54) is 0 Å². The molecular formula is C8H13. The van der Waals surface area contributed by atoms with Crippen LogP contribution >= 0.6 is 0 Å². The van der Waals surface area contributed by atoms with E-state index in [9.17, 15) is 0 Å². The number of hydrogen-bond acceptors (Lipinski definition) is 0. The fourth-order valence-electron chi connectivity index (χ4n) is 0.425. The highest BCUT2D eigenvalue weighted by molar-refractivity contribution is 4.90. The molecule has 0 saturated carbocycles. The first-order chi connectivity index (χ1) is 3.91. The van der Waals surface area contributed by atoms with Crippen molar-refractivity contribution in [2.24, 2.45) is 0 Å². The van der Waals surface area contributed by atoms with Crippen LogP contribution in [0.3, 0.4) is 0 Å². The summed E-state index contributed by atoms with van der Waals surface area (Å²) in [6.07, 6.45) is 10.3. The average Bonchev–Trinajstić information content (AvgIpc) is 1.81. The quantitative estimate of drug-likeness (QED) is 0.487. The topological polar surface area (TPSA) is 0 Å². The summed E-state index contributed by atoms with van der Waals surface area (Å²) in [5.74, 6) is 0. The summed E-state index contributed by atoms with van der Waals surface area (Å²) in [4.78, 5) is 0. The van der Waals surface area contributed by atoms with Gasteiger partial charge in [-0.15, -0.1) is 6.58 Å². The van der Waals surface area contributed by atoms with E-state index in [0.29, 0.717) is 0 Å². The third-order valence-electron chi connectivity index (χ3n) is 0.841. The summed E-state index contributed by atoms with van der Waals surface area (Å²) >= 11 is 0. The van der Waals surface area contributed by atoms with Crippen LogP contribution < -0.4 is 0 Å². The van der Waals surface area contributed by atoms with E-state index >= 15 is 0 Å². The molecule has 0 amide bonds. The third-order valence-corrected chi connectivity index (χ3v) is 0.841. The summed E-state index contributed by atoms with van der Waals surface area (Å²) in [5.41, 5.74) is 0. The molecule has 0 aliphatic carbocycles. The fourth-order valence-corrected chi connectivity index (χ4v) is 0.425. The molecule has 0 nitrogen and oxygen atoms in total. The molecule has 0 atom stereocenters. The molecule has 0 saturated heterocycles. The van der Waals surface area contributed by atoms with Crippen molar-refractivity contribution >= 4 is 0 Å². The average molecular weight is 109 g/mol. The largest absolute Gasteiger partial charge is 0.103 e. The molecule has 0 aromatic heterocycles. The first kappa shape index (κ1) is 7.48. The Labute approximate surface area is 51.9 Å². The normalized spacial score (nSPS) is 10.1. The van der Waals surface area contributed by atoms with Crippen LogP contribution in [-0.2, 0) is 0 Å². The van der Waals surface area contributed by atoms with Gasteiger partial charge in [0.15, 0.2) is 0 Å². The minimum atomic E-state index is 0.994. The molecule has 0 fully saturated rings. The molecule has 0 N–H and O–H groups in total. The standard InChI is InChI=1S/C8H13/c1-3-5-7-8-6-4-2/h3-4,7-8H,1,5-6H2,2H3/b8-7+. The Kier molecular flexibility index (Phi) is 6.06. The minimum absolute atomic E-state index is 0.994. The second kappa shape index (κ2) is 6.48. The molecule has 0 bridgehead atoms. The predicted molar refractivity (Wildman–Crippen MR) is 38.5 cm³/mol. The fraction of sp³-hybridized carbons (Fsp3) is 0.375. The predicted octanol–water partition coefficient (Wildman–Crippen LogP) is 2.73. The Bertz CT molecular complexity index is 70.1. The van der Waals surface area contributed by atoms with Crippen LogP contribution in [0.25, 0.3) is 0 Å². The lowest BCUT2D eigenvalue weighted by molar-refractivity contribution is 1.19. The van der Waals surface area contributed by atoms with Crippen molar-refractivity contribution in [1.29, 1.82) is 0 Å². The zero-order chi connectivity index (χ0) is 6.24. The molecule has 45 valence electrons. The van der Waals surface area contributed by atoms with Crippen LogP contribution in [0.4, 0.5) is 0 Å². The molecule has 0 spiro atoms. The maximum Gasteiger partial charge on any atom is -0.0172 e. The highest BCUT2D eigenvalue weighted by atomic mass is 13.8. The van der Waals surface area contributed by atoms with Crippen LogP contribution in [0.5, 0.6) is 0 Å². The van der Waals surface area contributed by atoms with Crippen LogP contribution in [0, 0.1) is 6.42 Å². The van der Waals surface area contributed by atoms with Gasteiger partial charge >= 0.3 is 0 Å². The molecule has 1 radical (unpaired) electrons. The molecule has 0 heteroatoms. The van der Waals surface area contributed by atoms with Gasteiger partial charge in [0.25, 0.3) is 0 Å². The highest BCUT2D eigenvalue weighted by Gasteiger charge is 1.69. The number of rotatable bonds is 4. The molecule has 0 aromatic carbocycles. The Morgan fingerprint density at radius 3 is 2.38 bits per heavy atom. The van der Waals surface area contributed by atoms with E-state index in [0.717, 1.165) is 12.8 Å². The highest BCUT2D eigenvalue weighted by Crippen LogP contribution is 1.89. The minimum Gasteiger partial charge on any atom is -0.103 e. The molecular weight excluding hydrogens is 96.1 g/mol. The van der Waals surface area contributed by atoms with Crippen molar-refractivity contribution in [3.8, 4) is 0 Å². The molecule has 0 unspecified atom stereocenters. The molecule has 0 rings (SSSR count). The molecule has 0 heterocycles. The summed E-state index contributed by atoms with van der Waals surface area (Å²) in [6, 6.07) is 0. The van der Waals surface area contributed by atoms with Crippen molar-refractivity contribution in [2.45, 2.75) is 19.8 Å². The van der Waals surface area contributed by atoms with Crippen LogP contribution in [0.1, 0.15) is 19.8 Å². The van der Waals surface area contributed by atoms with Crippen molar-refractivity contribution < 1.29 is 0 Å². The second-order valence-corrected chi connectivity index (χ2v) is 1.64.